The van der Waals surface area contributed by atoms with Crippen LogP contribution in [0.15, 0.2) is 48.5 Å². The first-order valence-electron chi connectivity index (χ1n) is 11.5. The molecule has 0 radical (unpaired) electrons. The first-order chi connectivity index (χ1) is 16.7. The number of carbonyl (C=O) groups is 2. The second kappa shape index (κ2) is 12.3. The van der Waals surface area contributed by atoms with Gasteiger partial charge in [-0.15, -0.1) is 0 Å². The topological polar surface area (TPSA) is 90.0 Å². The van der Waals surface area contributed by atoms with Crippen LogP contribution in [0, 0.1) is 0 Å². The number of para-hydroxylation sites is 1. The van der Waals surface area contributed by atoms with Crippen LogP contribution in [-0.4, -0.2) is 61.7 Å². The third kappa shape index (κ3) is 7.83. The number of carbonyl (C=O) groups excluding carboxylic acids is 2. The molecule has 0 aromatic heterocycles. The Hall–Kier alpha value is -2.33. The predicted octanol–water partition coefficient (Wildman–Crippen LogP) is 4.33. The van der Waals surface area contributed by atoms with Crippen molar-refractivity contribution >= 4 is 50.9 Å². The van der Waals surface area contributed by atoms with Crippen LogP contribution in [0.1, 0.15) is 39.7 Å². The SMILES string of the molecule is CC[C@H](C(=O)NC(C)(C)C)N(Cc1ccc(Cl)cc1Cl)C(=O)CN(c1ccccc1)S(=O)(=O)N(C)C. The summed E-state index contributed by atoms with van der Waals surface area (Å²) in [4.78, 5) is 28.4. The van der Waals surface area contributed by atoms with Crippen LogP contribution in [-0.2, 0) is 26.3 Å². The molecule has 0 fully saturated rings. The van der Waals surface area contributed by atoms with E-state index in [1.54, 1.807) is 55.5 Å². The van der Waals surface area contributed by atoms with E-state index in [0.717, 1.165) is 8.61 Å². The molecule has 198 valence electrons. The Morgan fingerprint density at radius 1 is 1.03 bits per heavy atom. The Labute approximate surface area is 224 Å². The molecule has 0 saturated carbocycles. The molecule has 2 aromatic carbocycles. The molecule has 0 aliphatic carbocycles. The van der Waals surface area contributed by atoms with Crippen LogP contribution in [0.3, 0.4) is 0 Å². The molecule has 0 aliphatic heterocycles. The summed E-state index contributed by atoms with van der Waals surface area (Å²) in [6.07, 6.45) is 0.310. The van der Waals surface area contributed by atoms with E-state index in [1.165, 1.54) is 19.0 Å². The van der Waals surface area contributed by atoms with Crippen LogP contribution in [0.2, 0.25) is 10.0 Å². The molecular formula is C25H34Cl2N4O4S. The zero-order chi connectivity index (χ0) is 27.3. The highest BCUT2D eigenvalue weighted by molar-refractivity contribution is 7.90. The molecule has 36 heavy (non-hydrogen) atoms. The zero-order valence-corrected chi connectivity index (χ0v) is 23.8. The maximum absolute atomic E-state index is 13.8. The molecule has 2 amide bonds. The molecule has 2 aromatic rings. The van der Waals surface area contributed by atoms with Crippen molar-refractivity contribution in [3.63, 3.8) is 0 Å². The van der Waals surface area contributed by atoms with Gasteiger partial charge in [-0.25, -0.2) is 4.31 Å². The Bertz CT molecular complexity index is 1170. The number of nitrogens with one attached hydrogen (secondary N) is 1. The maximum Gasteiger partial charge on any atom is 0.304 e. The molecule has 0 bridgehead atoms. The van der Waals surface area contributed by atoms with E-state index >= 15 is 0 Å². The van der Waals surface area contributed by atoms with E-state index in [4.69, 9.17) is 23.2 Å². The minimum atomic E-state index is -4.01. The molecule has 1 atom stereocenters. The first-order valence-corrected chi connectivity index (χ1v) is 13.6. The molecule has 0 heterocycles. The highest BCUT2D eigenvalue weighted by atomic mass is 35.5. The number of hydrogen-bond acceptors (Lipinski definition) is 4. The maximum atomic E-state index is 13.8. The Morgan fingerprint density at radius 3 is 2.14 bits per heavy atom. The van der Waals surface area contributed by atoms with Gasteiger partial charge < -0.3 is 10.2 Å². The normalized spacial score (nSPS) is 12.8. The summed E-state index contributed by atoms with van der Waals surface area (Å²) < 4.78 is 28.4. The number of amides is 2. The fourth-order valence-electron chi connectivity index (χ4n) is 3.52. The van der Waals surface area contributed by atoms with E-state index in [0.29, 0.717) is 27.7 Å². The van der Waals surface area contributed by atoms with E-state index in [9.17, 15) is 18.0 Å². The average molecular weight is 558 g/mol. The van der Waals surface area contributed by atoms with Gasteiger partial charge in [0, 0.05) is 36.2 Å². The smallest absolute Gasteiger partial charge is 0.304 e. The lowest BCUT2D eigenvalue weighted by Crippen LogP contribution is -2.55. The van der Waals surface area contributed by atoms with Gasteiger partial charge in [0.1, 0.15) is 12.6 Å². The first kappa shape index (κ1) is 29.9. The quantitative estimate of drug-likeness (QED) is 0.471. The highest BCUT2D eigenvalue weighted by Crippen LogP contribution is 2.25. The van der Waals surface area contributed by atoms with Gasteiger partial charge in [-0.3, -0.25) is 9.59 Å². The summed E-state index contributed by atoms with van der Waals surface area (Å²) in [5.41, 5.74) is 0.385. The largest absolute Gasteiger partial charge is 0.350 e. The molecule has 8 nitrogen and oxygen atoms in total. The van der Waals surface area contributed by atoms with Crippen molar-refractivity contribution < 1.29 is 18.0 Å². The molecule has 0 unspecified atom stereocenters. The van der Waals surface area contributed by atoms with E-state index in [-0.39, 0.29) is 12.5 Å². The summed E-state index contributed by atoms with van der Waals surface area (Å²) in [5.74, 6) is -0.892. The van der Waals surface area contributed by atoms with Crippen molar-refractivity contribution in [1.29, 1.82) is 0 Å². The van der Waals surface area contributed by atoms with Gasteiger partial charge in [-0.05, 0) is 57.0 Å². The van der Waals surface area contributed by atoms with Crippen LogP contribution >= 0.6 is 23.2 Å². The fourth-order valence-corrected chi connectivity index (χ4v) is 5.04. The van der Waals surface area contributed by atoms with Gasteiger partial charge in [-0.2, -0.15) is 12.7 Å². The molecule has 0 spiro atoms. The van der Waals surface area contributed by atoms with Crippen LogP contribution in [0.5, 0.6) is 0 Å². The molecule has 11 heteroatoms. The lowest BCUT2D eigenvalue weighted by atomic mass is 10.1. The standard InChI is InChI=1S/C25H34Cl2N4O4S/c1-7-22(24(33)28-25(2,3)4)30(16-18-13-14-19(26)15-21(18)27)23(32)17-31(36(34,35)29(5)6)20-11-9-8-10-12-20/h8-15,22H,7,16-17H2,1-6H3,(H,28,33)/t22-/m1/s1. The van der Waals surface area contributed by atoms with E-state index in [2.05, 4.69) is 5.32 Å². The average Bonchev–Trinajstić information content (AvgIpc) is 2.77. The lowest BCUT2D eigenvalue weighted by Gasteiger charge is -2.35. The molecule has 0 saturated heterocycles. The highest BCUT2D eigenvalue weighted by Gasteiger charge is 2.34. The molecule has 0 aliphatic rings. The van der Waals surface area contributed by atoms with Gasteiger partial charge in [-0.1, -0.05) is 54.4 Å². The fraction of sp³-hybridized carbons (Fsp3) is 0.440. The van der Waals surface area contributed by atoms with E-state index < -0.39 is 34.2 Å². The number of anilines is 1. The van der Waals surface area contributed by atoms with Gasteiger partial charge >= 0.3 is 10.2 Å². The zero-order valence-electron chi connectivity index (χ0n) is 21.5. The van der Waals surface area contributed by atoms with E-state index in [1.807, 2.05) is 20.8 Å². The number of halogens is 2. The summed E-state index contributed by atoms with van der Waals surface area (Å²) in [5, 5.41) is 3.70. The number of benzene rings is 2. The number of rotatable bonds is 10. The van der Waals surface area contributed by atoms with Gasteiger partial charge in [0.15, 0.2) is 0 Å². The molecule has 2 rings (SSSR count). The Morgan fingerprint density at radius 2 is 1.64 bits per heavy atom. The van der Waals surface area contributed by atoms with Gasteiger partial charge in [0.05, 0.1) is 5.69 Å². The van der Waals surface area contributed by atoms with Crippen molar-refractivity contribution in [3.8, 4) is 0 Å². The summed E-state index contributed by atoms with van der Waals surface area (Å²) >= 11 is 12.4. The Balaban J connectivity index is 2.53. The predicted molar refractivity (Wildman–Crippen MR) is 145 cm³/mol. The minimum Gasteiger partial charge on any atom is -0.350 e. The summed E-state index contributed by atoms with van der Waals surface area (Å²) in [6, 6.07) is 12.4. The molecule has 1 N–H and O–H groups in total. The second-order valence-electron chi connectivity index (χ2n) is 9.55. The van der Waals surface area contributed by atoms with Gasteiger partial charge in [0.2, 0.25) is 11.8 Å². The van der Waals surface area contributed by atoms with Crippen LogP contribution in [0.25, 0.3) is 0 Å². The number of nitrogens with zero attached hydrogens (tertiary/aromatic N) is 3. The van der Waals surface area contributed by atoms with Crippen LogP contribution in [0.4, 0.5) is 5.69 Å². The van der Waals surface area contributed by atoms with Crippen molar-refractivity contribution in [2.24, 2.45) is 0 Å². The molecular weight excluding hydrogens is 523 g/mol. The lowest BCUT2D eigenvalue weighted by molar-refractivity contribution is -0.141. The van der Waals surface area contributed by atoms with Gasteiger partial charge in [0.25, 0.3) is 0 Å². The number of hydrogen-bond donors (Lipinski definition) is 1. The minimum absolute atomic E-state index is 0.00442. The van der Waals surface area contributed by atoms with Crippen molar-refractivity contribution in [1.82, 2.24) is 14.5 Å². The third-order valence-electron chi connectivity index (χ3n) is 5.30. The van der Waals surface area contributed by atoms with Crippen molar-refractivity contribution in [2.75, 3.05) is 24.9 Å². The second-order valence-corrected chi connectivity index (χ2v) is 12.5. The van der Waals surface area contributed by atoms with Crippen molar-refractivity contribution in [2.45, 2.75) is 52.2 Å². The van der Waals surface area contributed by atoms with Crippen LogP contribution < -0.4 is 9.62 Å². The summed E-state index contributed by atoms with van der Waals surface area (Å²) in [6.45, 7) is 6.83. The Kier molecular flexibility index (Phi) is 10.2. The summed E-state index contributed by atoms with van der Waals surface area (Å²) in [7, 11) is -1.22. The third-order valence-corrected chi connectivity index (χ3v) is 7.71. The van der Waals surface area contributed by atoms with Crippen molar-refractivity contribution in [3.05, 3.63) is 64.1 Å². The monoisotopic (exact) mass is 556 g/mol.